The first-order valence-electron chi connectivity index (χ1n) is 10.4. The van der Waals surface area contributed by atoms with Crippen LogP contribution in [0.2, 0.25) is 5.02 Å². The number of benzene rings is 2. The van der Waals surface area contributed by atoms with E-state index in [1.807, 2.05) is 30.3 Å². The Labute approximate surface area is 195 Å². The predicted molar refractivity (Wildman–Crippen MR) is 124 cm³/mol. The molecule has 2 aromatic carbocycles. The number of nitrogens with one attached hydrogen (secondary N) is 1. The van der Waals surface area contributed by atoms with Crippen molar-refractivity contribution in [3.8, 4) is 0 Å². The van der Waals surface area contributed by atoms with Crippen molar-refractivity contribution >= 4 is 35.1 Å². The summed E-state index contributed by atoms with van der Waals surface area (Å²) in [6, 6.07) is 13.7. The molecular weight excluding hydrogens is 447 g/mol. The zero-order chi connectivity index (χ0) is 22.5. The first-order chi connectivity index (χ1) is 15.3. The van der Waals surface area contributed by atoms with E-state index in [2.05, 4.69) is 24.1 Å². The third kappa shape index (κ3) is 4.07. The van der Waals surface area contributed by atoms with Crippen LogP contribution in [0, 0.1) is 11.2 Å². The minimum Gasteiger partial charge on any atom is -0.328 e. The Morgan fingerprint density at radius 1 is 1.22 bits per heavy atom. The number of anilines is 1. The molecule has 0 saturated carbocycles. The maximum absolute atomic E-state index is 13.5. The number of halogens is 2. The van der Waals surface area contributed by atoms with Crippen molar-refractivity contribution in [1.82, 2.24) is 14.8 Å². The van der Waals surface area contributed by atoms with Crippen LogP contribution in [0.5, 0.6) is 0 Å². The van der Waals surface area contributed by atoms with Gasteiger partial charge in [0.05, 0.1) is 0 Å². The van der Waals surface area contributed by atoms with Crippen molar-refractivity contribution < 1.29 is 9.18 Å². The van der Waals surface area contributed by atoms with Crippen LogP contribution in [0.1, 0.15) is 43.9 Å². The van der Waals surface area contributed by atoms with Gasteiger partial charge in [0.15, 0.2) is 5.78 Å². The van der Waals surface area contributed by atoms with Crippen LogP contribution in [0.4, 0.5) is 10.3 Å². The third-order valence-corrected chi connectivity index (χ3v) is 6.92. The van der Waals surface area contributed by atoms with Gasteiger partial charge in [-0.15, -0.1) is 5.10 Å². The van der Waals surface area contributed by atoms with Crippen molar-refractivity contribution in [2.75, 3.05) is 5.32 Å². The molecule has 5 rings (SSSR count). The molecule has 2 aliphatic rings. The molecule has 0 amide bonds. The number of nitrogens with zero attached hydrogens (tertiary/aromatic N) is 3. The summed E-state index contributed by atoms with van der Waals surface area (Å²) in [4.78, 5) is 17.9. The van der Waals surface area contributed by atoms with Crippen LogP contribution in [-0.4, -0.2) is 20.5 Å². The van der Waals surface area contributed by atoms with Crippen molar-refractivity contribution in [3.05, 3.63) is 81.8 Å². The second kappa shape index (κ2) is 8.05. The molecule has 0 saturated heterocycles. The molecule has 3 aromatic rings. The molecule has 5 nitrogen and oxygen atoms in total. The Morgan fingerprint density at radius 3 is 2.75 bits per heavy atom. The van der Waals surface area contributed by atoms with Gasteiger partial charge < -0.3 is 5.32 Å². The summed E-state index contributed by atoms with van der Waals surface area (Å²) >= 11 is 7.55. The number of carbonyl (C=O) groups is 1. The highest BCUT2D eigenvalue weighted by Gasteiger charge is 2.41. The molecule has 1 atom stereocenters. The molecule has 0 spiro atoms. The summed E-state index contributed by atoms with van der Waals surface area (Å²) < 4.78 is 15.3. The molecule has 0 radical (unpaired) electrons. The van der Waals surface area contributed by atoms with E-state index in [0.717, 1.165) is 28.8 Å². The fourth-order valence-corrected chi connectivity index (χ4v) is 5.28. The smallest absolute Gasteiger partial charge is 0.227 e. The van der Waals surface area contributed by atoms with Gasteiger partial charge in [0.25, 0.3) is 0 Å². The van der Waals surface area contributed by atoms with E-state index in [0.29, 0.717) is 28.3 Å². The number of rotatable bonds is 4. The van der Waals surface area contributed by atoms with E-state index in [4.69, 9.17) is 16.7 Å². The van der Waals surface area contributed by atoms with Gasteiger partial charge >= 0.3 is 0 Å². The molecule has 8 heteroatoms. The molecular formula is C24H22ClFN4OS. The number of hydrogen-bond acceptors (Lipinski definition) is 5. The summed E-state index contributed by atoms with van der Waals surface area (Å²) in [7, 11) is 0. The summed E-state index contributed by atoms with van der Waals surface area (Å²) in [5.74, 6) is 1.02. The van der Waals surface area contributed by atoms with E-state index in [9.17, 15) is 9.18 Å². The van der Waals surface area contributed by atoms with Crippen molar-refractivity contribution in [2.24, 2.45) is 5.41 Å². The zero-order valence-corrected chi connectivity index (χ0v) is 19.3. The van der Waals surface area contributed by atoms with Gasteiger partial charge in [-0.25, -0.2) is 9.07 Å². The van der Waals surface area contributed by atoms with Gasteiger partial charge in [0.2, 0.25) is 11.1 Å². The highest BCUT2D eigenvalue weighted by Crippen LogP contribution is 2.45. The number of aromatic nitrogens is 3. The van der Waals surface area contributed by atoms with E-state index in [1.54, 1.807) is 10.7 Å². The van der Waals surface area contributed by atoms with Crippen LogP contribution < -0.4 is 5.32 Å². The Hall–Kier alpha value is -2.64. The summed E-state index contributed by atoms with van der Waals surface area (Å²) in [6.07, 6.45) is 1.25. The fourth-order valence-electron chi connectivity index (χ4n) is 4.38. The molecule has 1 aromatic heterocycles. The summed E-state index contributed by atoms with van der Waals surface area (Å²) in [5, 5.41) is 9.30. The minimum atomic E-state index is -0.363. The number of hydrogen-bond donors (Lipinski definition) is 1. The first kappa shape index (κ1) is 21.2. The largest absolute Gasteiger partial charge is 0.328 e. The van der Waals surface area contributed by atoms with Gasteiger partial charge in [-0.3, -0.25) is 4.79 Å². The van der Waals surface area contributed by atoms with Crippen LogP contribution in [-0.2, 0) is 10.5 Å². The van der Waals surface area contributed by atoms with Crippen LogP contribution in [0.3, 0.4) is 0 Å². The van der Waals surface area contributed by atoms with Crippen molar-refractivity contribution in [2.45, 2.75) is 43.6 Å². The second-order valence-electron chi connectivity index (χ2n) is 8.99. The van der Waals surface area contributed by atoms with Gasteiger partial charge in [-0.1, -0.05) is 61.5 Å². The number of Topliss-reactive ketones (excluding diaryl/α,β-unsaturated/α-hetero) is 1. The Bertz CT molecular complexity index is 1240. The highest BCUT2D eigenvalue weighted by atomic mass is 35.5. The first-order valence-corrected chi connectivity index (χ1v) is 11.8. The molecule has 0 fully saturated rings. The SMILES string of the molecule is CC1(C)CC(=O)C2=C(C1)Nc1nc(SCc3cccc(F)c3)nn1C2c1ccc(Cl)cc1. The summed E-state index contributed by atoms with van der Waals surface area (Å²) in [6.45, 7) is 4.21. The molecule has 1 aliphatic carbocycles. The van der Waals surface area contributed by atoms with E-state index in [1.165, 1.54) is 23.9 Å². The number of carbonyl (C=O) groups excluding carboxylic acids is 1. The number of ketones is 1. The van der Waals surface area contributed by atoms with E-state index in [-0.39, 0.29) is 23.1 Å². The molecule has 0 bridgehead atoms. The van der Waals surface area contributed by atoms with Crippen molar-refractivity contribution in [1.29, 1.82) is 0 Å². The number of thioether (sulfide) groups is 1. The molecule has 32 heavy (non-hydrogen) atoms. The third-order valence-electron chi connectivity index (χ3n) is 5.76. The monoisotopic (exact) mass is 468 g/mol. The van der Waals surface area contributed by atoms with E-state index < -0.39 is 0 Å². The minimum absolute atomic E-state index is 0.120. The van der Waals surface area contributed by atoms with Gasteiger partial charge in [0.1, 0.15) is 11.9 Å². The van der Waals surface area contributed by atoms with Crippen molar-refractivity contribution in [3.63, 3.8) is 0 Å². The Morgan fingerprint density at radius 2 is 2.00 bits per heavy atom. The molecule has 1 aliphatic heterocycles. The number of fused-ring (bicyclic) bond motifs is 1. The molecule has 2 heterocycles. The molecule has 1 N–H and O–H groups in total. The maximum Gasteiger partial charge on any atom is 0.227 e. The van der Waals surface area contributed by atoms with Crippen LogP contribution >= 0.6 is 23.4 Å². The fraction of sp³-hybridized carbons (Fsp3) is 0.292. The lowest BCUT2D eigenvalue weighted by atomic mass is 9.73. The lowest BCUT2D eigenvalue weighted by Gasteiger charge is -2.38. The van der Waals surface area contributed by atoms with Crippen LogP contribution in [0.25, 0.3) is 0 Å². The lowest BCUT2D eigenvalue weighted by Crippen LogP contribution is -2.36. The maximum atomic E-state index is 13.5. The van der Waals surface area contributed by atoms with Crippen LogP contribution in [0.15, 0.2) is 65.0 Å². The Balaban J connectivity index is 1.52. The molecule has 1 unspecified atom stereocenters. The standard InChI is InChI=1S/C24H22ClFN4OS/c1-24(2)11-18-20(19(31)12-24)21(15-6-8-16(25)9-7-15)30-22(27-18)28-23(29-30)32-13-14-4-3-5-17(26)10-14/h3-10,21H,11-13H2,1-2H3,(H,27,28,29). The topological polar surface area (TPSA) is 59.8 Å². The quantitative estimate of drug-likeness (QED) is 0.474. The normalized spacial score (nSPS) is 19.4. The van der Waals surface area contributed by atoms with E-state index >= 15 is 0 Å². The Kier molecular flexibility index (Phi) is 5.34. The average molecular weight is 469 g/mol. The lowest BCUT2D eigenvalue weighted by molar-refractivity contribution is -0.118. The zero-order valence-electron chi connectivity index (χ0n) is 17.7. The second-order valence-corrected chi connectivity index (χ2v) is 10.4. The van der Waals surface area contributed by atoms with Gasteiger partial charge in [-0.2, -0.15) is 4.98 Å². The predicted octanol–water partition coefficient (Wildman–Crippen LogP) is 6.02. The summed E-state index contributed by atoms with van der Waals surface area (Å²) in [5.41, 5.74) is 3.33. The highest BCUT2D eigenvalue weighted by molar-refractivity contribution is 7.98. The van der Waals surface area contributed by atoms with Gasteiger partial charge in [0, 0.05) is 28.5 Å². The average Bonchev–Trinajstić information content (AvgIpc) is 3.13. The molecule has 164 valence electrons. The number of allylic oxidation sites excluding steroid dienone is 2. The van der Waals surface area contributed by atoms with Gasteiger partial charge in [-0.05, 0) is 47.2 Å².